The number of rotatable bonds is 5. The molecule has 8 heteroatoms. The molecule has 0 saturated heterocycles. The van der Waals surface area contributed by atoms with Crippen LogP contribution < -0.4 is 5.11 Å². The van der Waals surface area contributed by atoms with E-state index in [1.54, 1.807) is 30.3 Å². The summed E-state index contributed by atoms with van der Waals surface area (Å²) in [5, 5.41) is 23.4. The SMILES string of the molecule is O=C(c1ccccc1Cl)c1cc(Cl)ccc1N=Cc1cc([N+](=O)[O-])ccc1[O-]. The Morgan fingerprint density at radius 1 is 1.00 bits per heavy atom. The summed E-state index contributed by atoms with van der Waals surface area (Å²) in [6.45, 7) is 0. The first-order valence-electron chi connectivity index (χ1n) is 7.95. The minimum atomic E-state index is -0.606. The lowest BCUT2D eigenvalue weighted by Gasteiger charge is -2.10. The number of hydrogen-bond acceptors (Lipinski definition) is 5. The molecule has 0 heterocycles. The van der Waals surface area contributed by atoms with Crippen LogP contribution in [0.1, 0.15) is 21.5 Å². The minimum absolute atomic E-state index is 0.0280. The zero-order valence-electron chi connectivity index (χ0n) is 14.1. The van der Waals surface area contributed by atoms with Crippen LogP contribution in [0.3, 0.4) is 0 Å². The molecule has 0 amide bonds. The molecule has 3 aromatic carbocycles. The molecule has 3 rings (SSSR count). The predicted octanol–water partition coefficient (Wildman–Crippen LogP) is 4.96. The fourth-order valence-electron chi connectivity index (χ4n) is 2.48. The summed E-state index contributed by atoms with van der Waals surface area (Å²) in [6.07, 6.45) is 1.18. The highest BCUT2D eigenvalue weighted by Gasteiger charge is 2.16. The number of hydrogen-bond donors (Lipinski definition) is 0. The number of halogens is 2. The molecule has 0 fully saturated rings. The number of carbonyl (C=O) groups excluding carboxylic acids is 1. The van der Waals surface area contributed by atoms with Gasteiger partial charge in [0.15, 0.2) is 5.78 Å². The van der Waals surface area contributed by atoms with Gasteiger partial charge >= 0.3 is 0 Å². The lowest BCUT2D eigenvalue weighted by atomic mass is 10.0. The van der Waals surface area contributed by atoms with Crippen molar-refractivity contribution in [1.29, 1.82) is 0 Å². The van der Waals surface area contributed by atoms with E-state index in [1.807, 2.05) is 0 Å². The van der Waals surface area contributed by atoms with E-state index in [0.717, 1.165) is 18.2 Å². The maximum atomic E-state index is 12.9. The number of nitro benzene ring substituents is 1. The van der Waals surface area contributed by atoms with Crippen molar-refractivity contribution in [3.63, 3.8) is 0 Å². The topological polar surface area (TPSA) is 95.6 Å². The van der Waals surface area contributed by atoms with E-state index in [1.165, 1.54) is 18.3 Å². The average molecular weight is 414 g/mol. The smallest absolute Gasteiger partial charge is 0.270 e. The molecule has 3 aromatic rings. The van der Waals surface area contributed by atoms with E-state index in [-0.39, 0.29) is 38.9 Å². The van der Waals surface area contributed by atoms with E-state index in [0.29, 0.717) is 5.02 Å². The number of carbonyl (C=O) groups is 1. The van der Waals surface area contributed by atoms with Gasteiger partial charge in [0.25, 0.3) is 5.69 Å². The molecule has 0 bridgehead atoms. The Balaban J connectivity index is 2.04. The van der Waals surface area contributed by atoms with Gasteiger partial charge in [-0.1, -0.05) is 47.2 Å². The van der Waals surface area contributed by atoms with Gasteiger partial charge in [-0.05, 0) is 35.9 Å². The Kier molecular flexibility index (Phi) is 5.73. The normalized spacial score (nSPS) is 10.9. The molecule has 6 nitrogen and oxygen atoms in total. The van der Waals surface area contributed by atoms with Crippen LogP contribution in [0.2, 0.25) is 10.0 Å². The van der Waals surface area contributed by atoms with Gasteiger partial charge in [-0.3, -0.25) is 19.9 Å². The van der Waals surface area contributed by atoms with Crippen molar-refractivity contribution >= 4 is 46.6 Å². The Bertz CT molecular complexity index is 1110. The third-order valence-corrected chi connectivity index (χ3v) is 4.43. The molecule has 0 aromatic heterocycles. The monoisotopic (exact) mass is 413 g/mol. The second-order valence-electron chi connectivity index (χ2n) is 5.71. The van der Waals surface area contributed by atoms with Crippen LogP contribution in [0.15, 0.2) is 65.7 Å². The van der Waals surface area contributed by atoms with Crippen molar-refractivity contribution in [2.75, 3.05) is 0 Å². The van der Waals surface area contributed by atoms with Crippen molar-refractivity contribution in [2.24, 2.45) is 4.99 Å². The first kappa shape index (κ1) is 19.5. The van der Waals surface area contributed by atoms with E-state index >= 15 is 0 Å². The number of ketones is 1. The van der Waals surface area contributed by atoms with Gasteiger partial charge in [0.1, 0.15) is 0 Å². The van der Waals surface area contributed by atoms with Crippen LogP contribution in [0, 0.1) is 10.1 Å². The molecule has 0 aliphatic carbocycles. The summed E-state index contributed by atoms with van der Waals surface area (Å²) in [5.41, 5.74) is 0.516. The van der Waals surface area contributed by atoms with Crippen molar-refractivity contribution in [1.82, 2.24) is 0 Å². The van der Waals surface area contributed by atoms with Gasteiger partial charge in [0.05, 0.1) is 15.6 Å². The van der Waals surface area contributed by atoms with Crippen LogP contribution >= 0.6 is 23.2 Å². The Morgan fingerprint density at radius 3 is 2.46 bits per heavy atom. The first-order chi connectivity index (χ1) is 13.4. The summed E-state index contributed by atoms with van der Waals surface area (Å²) < 4.78 is 0. The Hall–Kier alpha value is -3.22. The van der Waals surface area contributed by atoms with E-state index in [9.17, 15) is 20.0 Å². The van der Waals surface area contributed by atoms with Crippen LogP contribution in [-0.4, -0.2) is 16.9 Å². The highest BCUT2D eigenvalue weighted by molar-refractivity contribution is 6.35. The molecule has 0 atom stereocenters. The molecule has 0 aliphatic heterocycles. The summed E-state index contributed by atoms with van der Waals surface area (Å²) in [6, 6.07) is 14.4. The molecule has 0 spiro atoms. The molecule has 0 aliphatic rings. The number of aliphatic imine (C=N–C) groups is 1. The molecule has 0 N–H and O–H groups in total. The summed E-state index contributed by atoms with van der Waals surface area (Å²) in [7, 11) is 0. The lowest BCUT2D eigenvalue weighted by Crippen LogP contribution is -2.03. The van der Waals surface area contributed by atoms with Crippen molar-refractivity contribution in [2.45, 2.75) is 0 Å². The Labute approximate surface area is 169 Å². The van der Waals surface area contributed by atoms with Gasteiger partial charge in [-0.2, -0.15) is 0 Å². The lowest BCUT2D eigenvalue weighted by molar-refractivity contribution is -0.385. The maximum Gasteiger partial charge on any atom is 0.270 e. The van der Waals surface area contributed by atoms with Gasteiger partial charge < -0.3 is 5.11 Å². The molecule has 28 heavy (non-hydrogen) atoms. The second-order valence-corrected chi connectivity index (χ2v) is 6.55. The predicted molar refractivity (Wildman–Crippen MR) is 106 cm³/mol. The van der Waals surface area contributed by atoms with E-state index < -0.39 is 10.7 Å². The standard InChI is InChI=1S/C20H12Cl2N2O4/c21-13-5-7-18(16(10-13)20(26)15-3-1-2-4-17(15)22)23-11-12-9-14(24(27)28)6-8-19(12)25/h1-11,25H/p-1. The molecule has 0 unspecified atom stereocenters. The van der Waals surface area contributed by atoms with Crippen LogP contribution in [-0.2, 0) is 0 Å². The van der Waals surface area contributed by atoms with Gasteiger partial charge in [-0.25, -0.2) is 0 Å². The maximum absolute atomic E-state index is 12.9. The number of non-ortho nitro benzene ring substituents is 1. The van der Waals surface area contributed by atoms with Gasteiger partial charge in [0, 0.05) is 34.5 Å². The largest absolute Gasteiger partial charge is 0.872 e. The van der Waals surface area contributed by atoms with Crippen molar-refractivity contribution in [3.05, 3.63) is 97.5 Å². The fourth-order valence-corrected chi connectivity index (χ4v) is 2.88. The van der Waals surface area contributed by atoms with Gasteiger partial charge in [-0.15, -0.1) is 0 Å². The molecular formula is C20H11Cl2N2O4-. The number of benzene rings is 3. The third kappa shape index (κ3) is 4.19. The summed E-state index contributed by atoms with van der Waals surface area (Å²) in [4.78, 5) is 27.4. The molecule has 0 saturated carbocycles. The zero-order chi connectivity index (χ0) is 20.3. The fraction of sp³-hybridized carbons (Fsp3) is 0. The third-order valence-electron chi connectivity index (χ3n) is 3.87. The van der Waals surface area contributed by atoms with Crippen LogP contribution in [0.5, 0.6) is 5.75 Å². The number of nitrogens with zero attached hydrogens (tertiary/aromatic N) is 2. The number of nitro groups is 1. The quantitative estimate of drug-likeness (QED) is 0.255. The average Bonchev–Trinajstić information content (AvgIpc) is 2.67. The van der Waals surface area contributed by atoms with Crippen LogP contribution in [0.4, 0.5) is 11.4 Å². The molecular weight excluding hydrogens is 403 g/mol. The van der Waals surface area contributed by atoms with Crippen molar-refractivity contribution < 1.29 is 14.8 Å². The molecule has 0 radical (unpaired) electrons. The minimum Gasteiger partial charge on any atom is -0.872 e. The van der Waals surface area contributed by atoms with E-state index in [2.05, 4.69) is 4.99 Å². The van der Waals surface area contributed by atoms with Crippen LogP contribution in [0.25, 0.3) is 0 Å². The van der Waals surface area contributed by atoms with Crippen molar-refractivity contribution in [3.8, 4) is 5.75 Å². The van der Waals surface area contributed by atoms with E-state index in [4.69, 9.17) is 23.2 Å². The summed E-state index contributed by atoms with van der Waals surface area (Å²) >= 11 is 12.1. The zero-order valence-corrected chi connectivity index (χ0v) is 15.6. The summed E-state index contributed by atoms with van der Waals surface area (Å²) in [5.74, 6) is -0.816. The second kappa shape index (κ2) is 8.21. The highest BCUT2D eigenvalue weighted by Crippen LogP contribution is 2.29. The molecule has 140 valence electrons. The highest BCUT2D eigenvalue weighted by atomic mass is 35.5. The first-order valence-corrected chi connectivity index (χ1v) is 8.70. The Morgan fingerprint density at radius 2 is 1.75 bits per heavy atom. The van der Waals surface area contributed by atoms with Gasteiger partial charge in [0.2, 0.25) is 0 Å².